The third-order valence-electron chi connectivity index (χ3n) is 3.64. The van der Waals surface area contributed by atoms with Crippen molar-refractivity contribution in [2.75, 3.05) is 13.7 Å². The first-order valence-electron chi connectivity index (χ1n) is 7.03. The van der Waals surface area contributed by atoms with Gasteiger partial charge in [0.25, 0.3) is 0 Å². The molecule has 0 aliphatic rings. The highest BCUT2D eigenvalue weighted by atomic mass is 28.2. The minimum atomic E-state index is -0.502. The lowest BCUT2D eigenvalue weighted by atomic mass is 10.1. The molecule has 0 aromatic heterocycles. The van der Waals surface area contributed by atoms with Crippen molar-refractivity contribution in [3.63, 3.8) is 0 Å². The van der Waals surface area contributed by atoms with Gasteiger partial charge in [0.15, 0.2) is 9.76 Å². The van der Waals surface area contributed by atoms with Crippen LogP contribution in [0.2, 0.25) is 5.54 Å². The van der Waals surface area contributed by atoms with Crippen LogP contribution >= 0.6 is 0 Å². The minimum Gasteiger partial charge on any atom is -0.423 e. The van der Waals surface area contributed by atoms with E-state index in [9.17, 15) is 0 Å². The van der Waals surface area contributed by atoms with Crippen LogP contribution in [0.25, 0.3) is 6.08 Å². The molecular formula is C16H26O2Si. The van der Waals surface area contributed by atoms with Gasteiger partial charge in [-0.05, 0) is 30.0 Å². The van der Waals surface area contributed by atoms with Crippen molar-refractivity contribution in [2.24, 2.45) is 0 Å². The number of rotatable bonds is 9. The van der Waals surface area contributed by atoms with Crippen molar-refractivity contribution >= 4 is 15.8 Å². The van der Waals surface area contributed by atoms with E-state index in [1.807, 2.05) is 6.08 Å². The van der Waals surface area contributed by atoms with E-state index >= 15 is 0 Å². The maximum atomic E-state index is 5.91. The molecule has 3 heteroatoms. The summed E-state index contributed by atoms with van der Waals surface area (Å²) in [6.45, 7) is 8.93. The van der Waals surface area contributed by atoms with Crippen LogP contribution in [0, 0.1) is 0 Å². The van der Waals surface area contributed by atoms with Crippen LogP contribution in [-0.4, -0.2) is 29.6 Å². The van der Waals surface area contributed by atoms with Gasteiger partial charge in [-0.25, -0.2) is 0 Å². The summed E-state index contributed by atoms with van der Waals surface area (Å²) in [7, 11) is 1.28. The lowest BCUT2D eigenvalue weighted by Gasteiger charge is -2.20. The smallest absolute Gasteiger partial charge is 0.167 e. The zero-order valence-electron chi connectivity index (χ0n) is 12.4. The SMILES string of the molecule is C=Cc1ccc(CCO[SiH2]C(CC)C(C)OC)cc1. The second kappa shape index (κ2) is 9.07. The molecular weight excluding hydrogens is 252 g/mol. The molecule has 0 amide bonds. The first kappa shape index (κ1) is 16.2. The molecule has 2 unspecified atom stereocenters. The molecule has 0 spiro atoms. The first-order valence-corrected chi connectivity index (χ1v) is 8.42. The van der Waals surface area contributed by atoms with Gasteiger partial charge in [-0.3, -0.25) is 0 Å². The van der Waals surface area contributed by atoms with Crippen molar-refractivity contribution in [2.45, 2.75) is 38.3 Å². The van der Waals surface area contributed by atoms with Gasteiger partial charge in [-0.2, -0.15) is 0 Å². The second-order valence-electron chi connectivity index (χ2n) is 4.88. The van der Waals surface area contributed by atoms with Gasteiger partial charge >= 0.3 is 0 Å². The largest absolute Gasteiger partial charge is 0.423 e. The second-order valence-corrected chi connectivity index (χ2v) is 6.67. The molecule has 0 N–H and O–H groups in total. The van der Waals surface area contributed by atoms with Crippen LogP contribution in [0.5, 0.6) is 0 Å². The van der Waals surface area contributed by atoms with Crippen LogP contribution < -0.4 is 0 Å². The molecule has 0 saturated heterocycles. The predicted molar refractivity (Wildman–Crippen MR) is 85.2 cm³/mol. The summed E-state index contributed by atoms with van der Waals surface area (Å²) in [4.78, 5) is 0. The summed E-state index contributed by atoms with van der Waals surface area (Å²) in [5.74, 6) is 0. The van der Waals surface area contributed by atoms with Crippen molar-refractivity contribution in [3.05, 3.63) is 42.0 Å². The number of hydrogen-bond acceptors (Lipinski definition) is 2. The molecule has 1 aromatic rings. The van der Waals surface area contributed by atoms with Crippen molar-refractivity contribution in [3.8, 4) is 0 Å². The molecule has 1 aromatic carbocycles. The van der Waals surface area contributed by atoms with E-state index in [-0.39, 0.29) is 0 Å². The molecule has 2 atom stereocenters. The summed E-state index contributed by atoms with van der Waals surface area (Å²) in [6.07, 6.45) is 4.33. The number of ether oxygens (including phenoxy) is 1. The molecule has 2 nitrogen and oxygen atoms in total. The van der Waals surface area contributed by atoms with Crippen molar-refractivity contribution in [1.29, 1.82) is 0 Å². The molecule has 0 aliphatic carbocycles. The average Bonchev–Trinajstić information content (AvgIpc) is 2.47. The van der Waals surface area contributed by atoms with E-state index in [1.165, 1.54) is 11.1 Å². The predicted octanol–water partition coefficient (Wildman–Crippen LogP) is 3.21. The van der Waals surface area contributed by atoms with Crippen molar-refractivity contribution in [1.82, 2.24) is 0 Å². The first-order chi connectivity index (χ1) is 9.21. The summed E-state index contributed by atoms with van der Waals surface area (Å²) < 4.78 is 11.3. The van der Waals surface area contributed by atoms with Gasteiger partial charge in [0.1, 0.15) is 0 Å². The molecule has 0 radical (unpaired) electrons. The summed E-state index contributed by atoms with van der Waals surface area (Å²) in [5.41, 5.74) is 3.11. The number of methoxy groups -OCH3 is 1. The lowest BCUT2D eigenvalue weighted by Crippen LogP contribution is -2.21. The fraction of sp³-hybridized carbons (Fsp3) is 0.500. The zero-order valence-corrected chi connectivity index (χ0v) is 13.8. The normalized spacial score (nSPS) is 14.7. The third kappa shape index (κ3) is 5.72. The number of benzene rings is 1. The van der Waals surface area contributed by atoms with E-state index in [0.29, 0.717) is 11.6 Å². The molecule has 19 heavy (non-hydrogen) atoms. The number of hydrogen-bond donors (Lipinski definition) is 0. The maximum absolute atomic E-state index is 5.91. The van der Waals surface area contributed by atoms with Gasteiger partial charge in [0.05, 0.1) is 6.10 Å². The molecule has 0 aliphatic heterocycles. The van der Waals surface area contributed by atoms with Gasteiger partial charge < -0.3 is 9.16 Å². The highest BCUT2D eigenvalue weighted by molar-refractivity contribution is 6.29. The molecule has 0 heterocycles. The molecule has 106 valence electrons. The fourth-order valence-electron chi connectivity index (χ4n) is 2.02. The van der Waals surface area contributed by atoms with Gasteiger partial charge in [-0.1, -0.05) is 50.3 Å². The van der Waals surface area contributed by atoms with E-state index in [0.717, 1.165) is 19.4 Å². The van der Waals surface area contributed by atoms with E-state index in [4.69, 9.17) is 9.16 Å². The monoisotopic (exact) mass is 278 g/mol. The Morgan fingerprint density at radius 1 is 1.32 bits per heavy atom. The van der Waals surface area contributed by atoms with Crippen LogP contribution in [-0.2, 0) is 15.6 Å². The van der Waals surface area contributed by atoms with E-state index in [2.05, 4.69) is 44.7 Å². The van der Waals surface area contributed by atoms with E-state index < -0.39 is 9.76 Å². The Kier molecular flexibility index (Phi) is 7.71. The minimum absolute atomic E-state index is 0.323. The topological polar surface area (TPSA) is 18.5 Å². The highest BCUT2D eigenvalue weighted by Crippen LogP contribution is 2.17. The third-order valence-corrected chi connectivity index (χ3v) is 5.84. The standard InChI is InChI=1S/C16H26O2Si/c1-5-14-7-9-15(10-8-14)11-12-18-19-16(6-2)13(3)17-4/h5,7-10,13,16H,1,6,11-12,19H2,2-4H3. The quantitative estimate of drug-likeness (QED) is 0.510. The Morgan fingerprint density at radius 3 is 2.53 bits per heavy atom. The van der Waals surface area contributed by atoms with Crippen molar-refractivity contribution < 1.29 is 9.16 Å². The highest BCUT2D eigenvalue weighted by Gasteiger charge is 2.15. The molecule has 1 rings (SSSR count). The Hall–Kier alpha value is -0.903. The maximum Gasteiger partial charge on any atom is 0.167 e. The Balaban J connectivity index is 2.27. The Morgan fingerprint density at radius 2 is 2.00 bits per heavy atom. The van der Waals surface area contributed by atoms with Crippen LogP contribution in [0.4, 0.5) is 0 Å². The van der Waals surface area contributed by atoms with Gasteiger partial charge in [0, 0.05) is 13.7 Å². The van der Waals surface area contributed by atoms with E-state index in [1.54, 1.807) is 7.11 Å². The fourth-order valence-corrected chi connectivity index (χ4v) is 3.34. The van der Waals surface area contributed by atoms with Gasteiger partial charge in [0.2, 0.25) is 0 Å². The van der Waals surface area contributed by atoms with Crippen LogP contribution in [0.3, 0.4) is 0 Å². The molecule has 0 fully saturated rings. The Labute approximate surface area is 119 Å². The lowest BCUT2D eigenvalue weighted by molar-refractivity contribution is 0.105. The molecule has 0 saturated carbocycles. The molecule has 0 bridgehead atoms. The zero-order chi connectivity index (χ0) is 14.1. The van der Waals surface area contributed by atoms with Crippen LogP contribution in [0.15, 0.2) is 30.8 Å². The summed E-state index contributed by atoms with van der Waals surface area (Å²) >= 11 is 0. The summed E-state index contributed by atoms with van der Waals surface area (Å²) in [6, 6.07) is 8.50. The Bertz CT molecular complexity index is 362. The summed E-state index contributed by atoms with van der Waals surface area (Å²) in [5, 5.41) is 0. The average molecular weight is 278 g/mol. The van der Waals surface area contributed by atoms with Gasteiger partial charge in [-0.15, -0.1) is 0 Å². The van der Waals surface area contributed by atoms with Crippen LogP contribution in [0.1, 0.15) is 31.4 Å².